The Morgan fingerprint density at radius 1 is 1.36 bits per heavy atom. The van der Waals surface area contributed by atoms with Crippen molar-refractivity contribution >= 4 is 11.8 Å². The van der Waals surface area contributed by atoms with Gasteiger partial charge in [0.1, 0.15) is 0 Å². The standard InChI is InChI=1S/C12H15NO/c1-3-11(8-13-2)12-6-4-10(9-14)5-7-12/h3-8,14H,9H2,1-2H3/b11-3+,13-8?. The molecule has 0 aliphatic carbocycles. The molecule has 0 fully saturated rings. The number of aliphatic hydroxyl groups excluding tert-OH is 1. The van der Waals surface area contributed by atoms with Crippen LogP contribution in [0, 0.1) is 0 Å². The topological polar surface area (TPSA) is 32.6 Å². The molecule has 0 saturated carbocycles. The summed E-state index contributed by atoms with van der Waals surface area (Å²) in [5, 5.41) is 8.89. The van der Waals surface area contributed by atoms with E-state index in [9.17, 15) is 0 Å². The molecule has 0 unspecified atom stereocenters. The van der Waals surface area contributed by atoms with Crippen LogP contribution in [0.25, 0.3) is 5.57 Å². The van der Waals surface area contributed by atoms with Crippen molar-refractivity contribution in [3.05, 3.63) is 41.5 Å². The fourth-order valence-corrected chi connectivity index (χ4v) is 1.26. The summed E-state index contributed by atoms with van der Waals surface area (Å²) < 4.78 is 0. The SMILES string of the molecule is C/C=C(\C=NC)c1ccc(CO)cc1. The molecule has 0 radical (unpaired) electrons. The van der Waals surface area contributed by atoms with Crippen LogP contribution in [0.5, 0.6) is 0 Å². The van der Waals surface area contributed by atoms with Gasteiger partial charge in [0, 0.05) is 13.3 Å². The lowest BCUT2D eigenvalue weighted by atomic mass is 10.1. The Morgan fingerprint density at radius 2 is 2.00 bits per heavy atom. The Labute approximate surface area is 84.6 Å². The molecule has 0 aliphatic rings. The lowest BCUT2D eigenvalue weighted by Crippen LogP contribution is -1.88. The van der Waals surface area contributed by atoms with Crippen LogP contribution in [0.2, 0.25) is 0 Å². The number of rotatable bonds is 3. The van der Waals surface area contributed by atoms with Crippen molar-refractivity contribution in [3.63, 3.8) is 0 Å². The first kappa shape index (κ1) is 10.7. The van der Waals surface area contributed by atoms with E-state index in [-0.39, 0.29) is 6.61 Å². The number of aliphatic imine (C=N–C) groups is 1. The highest BCUT2D eigenvalue weighted by Gasteiger charge is 1.96. The maximum absolute atomic E-state index is 8.89. The molecule has 0 spiro atoms. The van der Waals surface area contributed by atoms with Crippen LogP contribution in [0.15, 0.2) is 35.3 Å². The van der Waals surface area contributed by atoms with Crippen LogP contribution in [0.3, 0.4) is 0 Å². The van der Waals surface area contributed by atoms with E-state index in [2.05, 4.69) is 4.99 Å². The average molecular weight is 189 g/mol. The van der Waals surface area contributed by atoms with E-state index in [1.54, 1.807) is 7.05 Å². The van der Waals surface area contributed by atoms with Gasteiger partial charge in [-0.05, 0) is 23.6 Å². The van der Waals surface area contributed by atoms with Gasteiger partial charge in [0.25, 0.3) is 0 Å². The van der Waals surface area contributed by atoms with Crippen molar-refractivity contribution in [2.24, 2.45) is 4.99 Å². The number of benzene rings is 1. The quantitative estimate of drug-likeness (QED) is 0.727. The van der Waals surface area contributed by atoms with Crippen LogP contribution in [0.4, 0.5) is 0 Å². The highest BCUT2D eigenvalue weighted by molar-refractivity contribution is 6.09. The van der Waals surface area contributed by atoms with E-state index >= 15 is 0 Å². The lowest BCUT2D eigenvalue weighted by Gasteiger charge is -2.02. The largest absolute Gasteiger partial charge is 0.392 e. The molecule has 1 aromatic carbocycles. The Balaban J connectivity index is 2.96. The zero-order chi connectivity index (χ0) is 10.4. The van der Waals surface area contributed by atoms with Gasteiger partial charge in [0.2, 0.25) is 0 Å². The molecular formula is C12H15NO. The first-order valence-corrected chi connectivity index (χ1v) is 4.60. The summed E-state index contributed by atoms with van der Waals surface area (Å²) in [6.45, 7) is 2.07. The zero-order valence-electron chi connectivity index (χ0n) is 8.57. The van der Waals surface area contributed by atoms with Crippen molar-refractivity contribution in [1.29, 1.82) is 0 Å². The molecule has 1 rings (SSSR count). The van der Waals surface area contributed by atoms with Crippen molar-refractivity contribution in [3.8, 4) is 0 Å². The highest BCUT2D eigenvalue weighted by atomic mass is 16.3. The molecule has 0 amide bonds. The van der Waals surface area contributed by atoms with Crippen molar-refractivity contribution in [2.45, 2.75) is 13.5 Å². The molecule has 14 heavy (non-hydrogen) atoms. The highest BCUT2D eigenvalue weighted by Crippen LogP contribution is 2.13. The molecule has 0 aliphatic heterocycles. The minimum absolute atomic E-state index is 0.0906. The molecule has 74 valence electrons. The number of hydrogen-bond donors (Lipinski definition) is 1. The first-order chi connectivity index (χ1) is 6.81. The van der Waals surface area contributed by atoms with E-state index in [0.29, 0.717) is 0 Å². The van der Waals surface area contributed by atoms with Crippen LogP contribution in [-0.4, -0.2) is 18.4 Å². The molecular weight excluding hydrogens is 174 g/mol. The molecule has 1 N–H and O–H groups in total. The van der Waals surface area contributed by atoms with Crippen LogP contribution < -0.4 is 0 Å². The Bertz CT molecular complexity index is 336. The van der Waals surface area contributed by atoms with E-state index < -0.39 is 0 Å². The Morgan fingerprint density at radius 3 is 2.43 bits per heavy atom. The number of nitrogens with zero attached hydrogens (tertiary/aromatic N) is 1. The normalized spacial score (nSPS) is 12.4. The summed E-state index contributed by atoms with van der Waals surface area (Å²) in [5.74, 6) is 0. The zero-order valence-corrected chi connectivity index (χ0v) is 8.57. The Kier molecular flexibility index (Phi) is 4.08. The molecule has 0 aromatic heterocycles. The maximum Gasteiger partial charge on any atom is 0.0681 e. The van der Waals surface area contributed by atoms with E-state index in [0.717, 1.165) is 16.7 Å². The van der Waals surface area contributed by atoms with E-state index in [1.807, 2.05) is 43.5 Å². The van der Waals surface area contributed by atoms with Gasteiger partial charge in [-0.2, -0.15) is 0 Å². The van der Waals surface area contributed by atoms with Crippen LogP contribution in [0.1, 0.15) is 18.1 Å². The van der Waals surface area contributed by atoms with Gasteiger partial charge >= 0.3 is 0 Å². The average Bonchev–Trinajstić information content (AvgIpc) is 2.26. The summed E-state index contributed by atoms with van der Waals surface area (Å²) in [4.78, 5) is 3.98. The summed E-state index contributed by atoms with van der Waals surface area (Å²) in [6, 6.07) is 7.82. The lowest BCUT2D eigenvalue weighted by molar-refractivity contribution is 0.282. The number of aliphatic hydroxyl groups is 1. The predicted octanol–water partition coefficient (Wildman–Crippen LogP) is 2.28. The van der Waals surface area contributed by atoms with E-state index in [4.69, 9.17) is 5.11 Å². The second-order valence-electron chi connectivity index (χ2n) is 2.99. The third-order valence-corrected chi connectivity index (χ3v) is 2.05. The smallest absolute Gasteiger partial charge is 0.0681 e. The molecule has 0 atom stereocenters. The summed E-state index contributed by atoms with van der Waals surface area (Å²) in [6.07, 6.45) is 3.84. The van der Waals surface area contributed by atoms with Gasteiger partial charge in [-0.3, -0.25) is 4.99 Å². The van der Waals surface area contributed by atoms with Crippen molar-refractivity contribution in [1.82, 2.24) is 0 Å². The van der Waals surface area contributed by atoms with Crippen LogP contribution in [-0.2, 0) is 6.61 Å². The minimum Gasteiger partial charge on any atom is -0.392 e. The summed E-state index contributed by atoms with van der Waals surface area (Å²) >= 11 is 0. The van der Waals surface area contributed by atoms with Gasteiger partial charge in [-0.25, -0.2) is 0 Å². The van der Waals surface area contributed by atoms with Crippen molar-refractivity contribution < 1.29 is 5.11 Å². The monoisotopic (exact) mass is 189 g/mol. The molecule has 1 aromatic rings. The molecule has 2 nitrogen and oxygen atoms in total. The third-order valence-electron chi connectivity index (χ3n) is 2.05. The molecule has 0 saturated heterocycles. The fraction of sp³-hybridized carbons (Fsp3) is 0.250. The predicted molar refractivity (Wildman–Crippen MR) is 60.4 cm³/mol. The van der Waals surface area contributed by atoms with Gasteiger partial charge in [-0.15, -0.1) is 0 Å². The second kappa shape index (κ2) is 5.35. The first-order valence-electron chi connectivity index (χ1n) is 4.60. The number of allylic oxidation sites excluding steroid dienone is 2. The number of hydrogen-bond acceptors (Lipinski definition) is 2. The van der Waals surface area contributed by atoms with Gasteiger partial charge in [0.05, 0.1) is 6.61 Å². The molecule has 0 bridgehead atoms. The third kappa shape index (κ3) is 2.54. The minimum atomic E-state index is 0.0906. The van der Waals surface area contributed by atoms with Gasteiger partial charge in [-0.1, -0.05) is 30.3 Å². The van der Waals surface area contributed by atoms with Crippen LogP contribution >= 0.6 is 0 Å². The van der Waals surface area contributed by atoms with E-state index in [1.165, 1.54) is 0 Å². The summed E-state index contributed by atoms with van der Waals surface area (Å²) in [7, 11) is 1.76. The maximum atomic E-state index is 8.89. The second-order valence-corrected chi connectivity index (χ2v) is 2.99. The van der Waals surface area contributed by atoms with Crippen molar-refractivity contribution in [2.75, 3.05) is 7.05 Å². The Hall–Kier alpha value is -1.41. The molecule has 0 heterocycles. The molecule has 2 heteroatoms. The van der Waals surface area contributed by atoms with Gasteiger partial charge in [0.15, 0.2) is 0 Å². The fourth-order valence-electron chi connectivity index (χ4n) is 1.26. The summed E-state index contributed by atoms with van der Waals surface area (Å²) in [5.41, 5.74) is 3.14. The van der Waals surface area contributed by atoms with Gasteiger partial charge < -0.3 is 5.11 Å².